The molecule has 2 aromatic heterocycles. The number of methoxy groups -OCH3 is 1. The summed E-state index contributed by atoms with van der Waals surface area (Å²) in [7, 11) is 1.59. The SMILES string of the molecule is COc1ccc(NC(=O)C[n+]2ccc(Cn3nnc4ccccc4c3=O)cc2)cc1.[Cl-]. The smallest absolute Gasteiger partial charge is 0.290 e. The van der Waals surface area contributed by atoms with Gasteiger partial charge in [-0.15, -0.1) is 5.10 Å². The number of benzene rings is 2. The Labute approximate surface area is 184 Å². The summed E-state index contributed by atoms with van der Waals surface area (Å²) in [4.78, 5) is 24.8. The molecule has 9 heteroatoms. The van der Waals surface area contributed by atoms with E-state index in [1.165, 1.54) is 4.68 Å². The summed E-state index contributed by atoms with van der Waals surface area (Å²) in [6.45, 7) is 0.470. The zero-order valence-corrected chi connectivity index (χ0v) is 17.5. The van der Waals surface area contributed by atoms with Crippen molar-refractivity contribution in [3.63, 3.8) is 0 Å². The molecule has 4 rings (SSSR count). The van der Waals surface area contributed by atoms with Crippen molar-refractivity contribution in [1.29, 1.82) is 0 Å². The first kappa shape index (κ1) is 21.9. The lowest BCUT2D eigenvalue weighted by Crippen LogP contribution is -3.00. The molecule has 0 spiro atoms. The van der Waals surface area contributed by atoms with Gasteiger partial charge in [0.2, 0.25) is 6.54 Å². The van der Waals surface area contributed by atoms with Gasteiger partial charge in [-0.2, -0.15) is 4.57 Å². The van der Waals surface area contributed by atoms with E-state index >= 15 is 0 Å². The van der Waals surface area contributed by atoms with E-state index in [1.54, 1.807) is 66.5 Å². The Morgan fingerprint density at radius 1 is 1.06 bits per heavy atom. The van der Waals surface area contributed by atoms with E-state index in [-0.39, 0.29) is 30.4 Å². The third kappa shape index (κ3) is 5.23. The average molecular weight is 438 g/mol. The molecule has 0 atom stereocenters. The van der Waals surface area contributed by atoms with Crippen LogP contribution < -0.4 is 32.6 Å². The van der Waals surface area contributed by atoms with Crippen molar-refractivity contribution in [3.05, 3.63) is 89.0 Å². The number of hydrogen-bond donors (Lipinski definition) is 1. The lowest BCUT2D eigenvalue weighted by atomic mass is 10.2. The second-order valence-corrected chi connectivity index (χ2v) is 6.72. The highest BCUT2D eigenvalue weighted by atomic mass is 35.5. The van der Waals surface area contributed by atoms with Crippen LogP contribution in [0.3, 0.4) is 0 Å². The fourth-order valence-electron chi connectivity index (χ4n) is 3.04. The Morgan fingerprint density at radius 2 is 1.77 bits per heavy atom. The molecule has 0 aliphatic heterocycles. The third-order valence-corrected chi connectivity index (χ3v) is 4.62. The number of carbonyl (C=O) groups is 1. The van der Waals surface area contributed by atoms with Crippen molar-refractivity contribution >= 4 is 22.5 Å². The Morgan fingerprint density at radius 3 is 2.48 bits per heavy atom. The summed E-state index contributed by atoms with van der Waals surface area (Å²) in [5.74, 6) is 0.586. The van der Waals surface area contributed by atoms with E-state index in [0.717, 1.165) is 11.3 Å². The third-order valence-electron chi connectivity index (χ3n) is 4.62. The molecule has 2 heterocycles. The summed E-state index contributed by atoms with van der Waals surface area (Å²) in [5.41, 5.74) is 1.98. The van der Waals surface area contributed by atoms with Crippen molar-refractivity contribution in [1.82, 2.24) is 15.0 Å². The molecule has 2 aromatic carbocycles. The van der Waals surface area contributed by atoms with Gasteiger partial charge in [0.1, 0.15) is 11.3 Å². The zero-order chi connectivity index (χ0) is 20.9. The molecule has 0 saturated heterocycles. The van der Waals surface area contributed by atoms with Gasteiger partial charge in [-0.05, 0) is 42.0 Å². The van der Waals surface area contributed by atoms with Gasteiger partial charge in [0.15, 0.2) is 12.4 Å². The van der Waals surface area contributed by atoms with Crippen LogP contribution in [0.15, 0.2) is 77.9 Å². The van der Waals surface area contributed by atoms with Crippen LogP contribution in [0.1, 0.15) is 5.56 Å². The molecular weight excluding hydrogens is 418 g/mol. The van der Waals surface area contributed by atoms with Crippen LogP contribution in [0.25, 0.3) is 10.9 Å². The molecule has 0 fully saturated rings. The fraction of sp³-hybridized carbons (Fsp3) is 0.136. The summed E-state index contributed by atoms with van der Waals surface area (Å²) >= 11 is 0. The van der Waals surface area contributed by atoms with Gasteiger partial charge in [0.05, 0.1) is 19.0 Å². The van der Waals surface area contributed by atoms with Gasteiger partial charge in [0.25, 0.3) is 11.5 Å². The highest BCUT2D eigenvalue weighted by Gasteiger charge is 2.11. The van der Waals surface area contributed by atoms with Crippen LogP contribution in [0.4, 0.5) is 5.69 Å². The lowest BCUT2D eigenvalue weighted by Gasteiger charge is -2.06. The van der Waals surface area contributed by atoms with Crippen LogP contribution in [-0.4, -0.2) is 28.0 Å². The topological polar surface area (TPSA) is 90.0 Å². The molecule has 158 valence electrons. The summed E-state index contributed by atoms with van der Waals surface area (Å²) in [6.07, 6.45) is 3.59. The normalized spacial score (nSPS) is 10.4. The number of rotatable bonds is 6. The van der Waals surface area contributed by atoms with Gasteiger partial charge in [-0.1, -0.05) is 17.3 Å². The minimum absolute atomic E-state index is 0. The molecule has 0 radical (unpaired) electrons. The molecule has 0 saturated carbocycles. The predicted octanol–water partition coefficient (Wildman–Crippen LogP) is -1.22. The molecule has 0 aliphatic rings. The number of carbonyl (C=O) groups excluding carboxylic acids is 1. The van der Waals surface area contributed by atoms with Crippen molar-refractivity contribution < 1.29 is 26.5 Å². The van der Waals surface area contributed by atoms with Gasteiger partial charge < -0.3 is 22.5 Å². The Kier molecular flexibility index (Phi) is 6.94. The maximum absolute atomic E-state index is 12.6. The number of nitrogens with zero attached hydrogens (tertiary/aromatic N) is 4. The highest BCUT2D eigenvalue weighted by molar-refractivity contribution is 5.89. The highest BCUT2D eigenvalue weighted by Crippen LogP contribution is 2.14. The molecular formula is C22H20ClN5O3. The Bertz CT molecular complexity index is 1240. The number of anilines is 1. The number of pyridine rings is 1. The van der Waals surface area contributed by atoms with Crippen molar-refractivity contribution in [2.75, 3.05) is 12.4 Å². The first-order chi connectivity index (χ1) is 14.6. The van der Waals surface area contributed by atoms with E-state index < -0.39 is 0 Å². The molecule has 0 aliphatic carbocycles. The van der Waals surface area contributed by atoms with Crippen LogP contribution in [0, 0.1) is 0 Å². The molecule has 0 unspecified atom stereocenters. The quantitative estimate of drug-likeness (QED) is 0.382. The van der Waals surface area contributed by atoms with Gasteiger partial charge in [-0.3, -0.25) is 9.59 Å². The van der Waals surface area contributed by atoms with Gasteiger partial charge in [0, 0.05) is 17.8 Å². The predicted molar refractivity (Wildman–Crippen MR) is 111 cm³/mol. The minimum Gasteiger partial charge on any atom is -1.00 e. The summed E-state index contributed by atoms with van der Waals surface area (Å²) in [5, 5.41) is 11.5. The average Bonchev–Trinajstić information content (AvgIpc) is 2.77. The first-order valence-corrected chi connectivity index (χ1v) is 9.37. The van der Waals surface area contributed by atoms with E-state index in [4.69, 9.17) is 4.74 Å². The van der Waals surface area contributed by atoms with Gasteiger partial charge >= 0.3 is 0 Å². The van der Waals surface area contributed by atoms with Crippen LogP contribution in [-0.2, 0) is 17.9 Å². The lowest BCUT2D eigenvalue weighted by molar-refractivity contribution is -0.684. The van der Waals surface area contributed by atoms with Crippen molar-refractivity contribution in [2.45, 2.75) is 13.1 Å². The first-order valence-electron chi connectivity index (χ1n) is 9.37. The number of ether oxygens (including phenoxy) is 1. The van der Waals surface area contributed by atoms with Crippen molar-refractivity contribution in [3.8, 4) is 5.75 Å². The fourth-order valence-corrected chi connectivity index (χ4v) is 3.04. The number of hydrogen-bond acceptors (Lipinski definition) is 5. The van der Waals surface area contributed by atoms with Crippen LogP contribution >= 0.6 is 0 Å². The van der Waals surface area contributed by atoms with E-state index in [9.17, 15) is 9.59 Å². The second kappa shape index (κ2) is 9.82. The standard InChI is InChI=1S/C22H19N5O3.ClH/c1-30-18-8-6-17(7-9-18)23-21(28)15-26-12-10-16(11-13-26)14-27-22(29)19-4-2-3-5-20(19)24-25-27;/h2-13H,14-15H2,1H3;1H. The number of halogens is 1. The van der Waals surface area contributed by atoms with Crippen LogP contribution in [0.2, 0.25) is 0 Å². The van der Waals surface area contributed by atoms with Crippen LogP contribution in [0.5, 0.6) is 5.75 Å². The monoisotopic (exact) mass is 437 g/mol. The largest absolute Gasteiger partial charge is 1.00 e. The summed E-state index contributed by atoms with van der Waals surface area (Å²) < 4.78 is 8.20. The van der Waals surface area contributed by atoms with E-state index in [2.05, 4.69) is 15.6 Å². The molecule has 8 nitrogen and oxygen atoms in total. The molecule has 4 aromatic rings. The summed E-state index contributed by atoms with van der Waals surface area (Å²) in [6, 6.07) is 18.0. The van der Waals surface area contributed by atoms with Gasteiger partial charge in [-0.25, -0.2) is 4.68 Å². The molecule has 0 bridgehead atoms. The van der Waals surface area contributed by atoms with E-state index in [0.29, 0.717) is 23.1 Å². The molecule has 1 N–H and O–H groups in total. The Hall–Kier alpha value is -3.78. The minimum atomic E-state index is -0.184. The number of amides is 1. The van der Waals surface area contributed by atoms with E-state index in [1.807, 2.05) is 18.2 Å². The maximum atomic E-state index is 12.6. The number of nitrogens with one attached hydrogen (secondary N) is 1. The maximum Gasteiger partial charge on any atom is 0.290 e. The second-order valence-electron chi connectivity index (χ2n) is 6.72. The van der Waals surface area contributed by atoms with Crippen molar-refractivity contribution in [2.24, 2.45) is 0 Å². The Balaban J connectivity index is 0.00000272. The molecule has 1 amide bonds. The zero-order valence-electron chi connectivity index (χ0n) is 16.7. The molecule has 31 heavy (non-hydrogen) atoms. The number of fused-ring (bicyclic) bond motifs is 1. The number of aromatic nitrogens is 4.